The average molecular weight is 252 g/mol. The number of aromatic hydroxyl groups is 1. The van der Waals surface area contributed by atoms with Crippen molar-refractivity contribution in [1.82, 2.24) is 0 Å². The van der Waals surface area contributed by atoms with Crippen LogP contribution < -0.4 is 0 Å². The minimum Gasteiger partial charge on any atom is -0.507 e. The van der Waals surface area contributed by atoms with Gasteiger partial charge < -0.3 is 19.7 Å². The third-order valence-electron chi connectivity index (χ3n) is 2.63. The molecule has 96 valence electrons. The summed E-state index contributed by atoms with van der Waals surface area (Å²) in [5, 5.41) is 18.3. The van der Waals surface area contributed by atoms with E-state index in [0.717, 1.165) is 0 Å². The van der Waals surface area contributed by atoms with Gasteiger partial charge in [-0.05, 0) is 26.0 Å². The van der Waals surface area contributed by atoms with E-state index in [2.05, 4.69) is 0 Å². The molecule has 0 aromatic heterocycles. The smallest absolute Gasteiger partial charge is 0.340 e. The summed E-state index contributed by atoms with van der Waals surface area (Å²) < 4.78 is 10.4. The zero-order chi connectivity index (χ0) is 13.5. The van der Waals surface area contributed by atoms with E-state index in [9.17, 15) is 14.7 Å². The van der Waals surface area contributed by atoms with Crippen LogP contribution in [0, 0.1) is 0 Å². The van der Waals surface area contributed by atoms with Crippen molar-refractivity contribution < 1.29 is 29.3 Å². The second-order valence-corrected chi connectivity index (χ2v) is 4.45. The quantitative estimate of drug-likeness (QED) is 0.773. The molecule has 0 amide bonds. The topological polar surface area (TPSA) is 93.1 Å². The second kappa shape index (κ2) is 3.99. The number of benzene rings is 1. The summed E-state index contributed by atoms with van der Waals surface area (Å²) in [5.41, 5.74) is -0.884. The fourth-order valence-corrected chi connectivity index (χ4v) is 1.59. The molecule has 0 aliphatic carbocycles. The third-order valence-corrected chi connectivity index (χ3v) is 2.63. The molecule has 6 heteroatoms. The van der Waals surface area contributed by atoms with Gasteiger partial charge in [-0.3, -0.25) is 0 Å². The summed E-state index contributed by atoms with van der Waals surface area (Å²) in [6, 6.07) is 3.88. The lowest BCUT2D eigenvalue weighted by Gasteiger charge is -2.13. The van der Waals surface area contributed by atoms with E-state index in [1.807, 2.05) is 0 Å². The zero-order valence-electron chi connectivity index (χ0n) is 9.84. The summed E-state index contributed by atoms with van der Waals surface area (Å²) in [6.45, 7) is 3.14. The van der Waals surface area contributed by atoms with Gasteiger partial charge in [0.15, 0.2) is 5.60 Å². The largest absolute Gasteiger partial charge is 0.507 e. The van der Waals surface area contributed by atoms with E-state index in [4.69, 9.17) is 14.6 Å². The van der Waals surface area contributed by atoms with Crippen molar-refractivity contribution >= 4 is 11.9 Å². The number of hydrogen-bond donors (Lipinski definition) is 2. The molecule has 1 saturated heterocycles. The molecule has 2 rings (SSSR count). The summed E-state index contributed by atoms with van der Waals surface area (Å²) in [6.07, 6.45) is -0.929. The average Bonchev–Trinajstić information content (AvgIpc) is 2.53. The van der Waals surface area contributed by atoms with E-state index in [0.29, 0.717) is 5.56 Å². The van der Waals surface area contributed by atoms with Crippen molar-refractivity contribution in [2.24, 2.45) is 0 Å². The number of phenols is 1. The van der Waals surface area contributed by atoms with Gasteiger partial charge in [-0.1, -0.05) is 6.07 Å². The maximum Gasteiger partial charge on any atom is 0.340 e. The first-order chi connectivity index (χ1) is 8.31. The Morgan fingerprint density at radius 3 is 2.50 bits per heavy atom. The summed E-state index contributed by atoms with van der Waals surface area (Å²) in [7, 11) is 0. The van der Waals surface area contributed by atoms with Gasteiger partial charge in [-0.2, -0.15) is 0 Å². The molecule has 0 spiro atoms. The van der Waals surface area contributed by atoms with Gasteiger partial charge in [-0.15, -0.1) is 0 Å². The Kier molecular flexibility index (Phi) is 2.74. The highest BCUT2D eigenvalue weighted by atomic mass is 16.8. The first kappa shape index (κ1) is 12.4. The van der Waals surface area contributed by atoms with Gasteiger partial charge >= 0.3 is 11.9 Å². The van der Waals surface area contributed by atoms with Crippen molar-refractivity contribution in [3.8, 4) is 5.75 Å². The van der Waals surface area contributed by atoms with Crippen molar-refractivity contribution in [2.45, 2.75) is 25.7 Å². The Morgan fingerprint density at radius 1 is 1.39 bits per heavy atom. The van der Waals surface area contributed by atoms with Gasteiger partial charge in [0.25, 0.3) is 0 Å². The molecule has 2 N–H and O–H groups in total. The molecule has 1 fully saturated rings. The SMILES string of the molecule is CC1(C)OC(c2ccc(C(=O)O)c(O)c2)OC1=O. The Balaban J connectivity index is 2.29. The van der Waals surface area contributed by atoms with Crippen LogP contribution in [0.25, 0.3) is 0 Å². The molecule has 18 heavy (non-hydrogen) atoms. The van der Waals surface area contributed by atoms with Crippen LogP contribution in [0.4, 0.5) is 0 Å². The fourth-order valence-electron chi connectivity index (χ4n) is 1.59. The summed E-state index contributed by atoms with van der Waals surface area (Å²) in [5.74, 6) is -2.14. The maximum absolute atomic E-state index is 11.4. The first-order valence-electron chi connectivity index (χ1n) is 5.26. The highest BCUT2D eigenvalue weighted by Gasteiger charge is 2.43. The van der Waals surface area contributed by atoms with Crippen molar-refractivity contribution in [3.05, 3.63) is 29.3 Å². The van der Waals surface area contributed by atoms with Crippen molar-refractivity contribution in [2.75, 3.05) is 0 Å². The minimum absolute atomic E-state index is 0.220. The predicted octanol–water partition coefficient (Wildman–Crippen LogP) is 1.44. The fraction of sp³-hybridized carbons (Fsp3) is 0.333. The molecule has 0 saturated carbocycles. The lowest BCUT2D eigenvalue weighted by atomic mass is 10.1. The van der Waals surface area contributed by atoms with Crippen LogP contribution in [0.1, 0.15) is 36.1 Å². The van der Waals surface area contributed by atoms with Crippen LogP contribution in [-0.4, -0.2) is 27.8 Å². The molecule has 1 unspecified atom stereocenters. The van der Waals surface area contributed by atoms with Crippen LogP contribution in [0.2, 0.25) is 0 Å². The van der Waals surface area contributed by atoms with E-state index >= 15 is 0 Å². The normalized spacial score (nSPS) is 21.7. The second-order valence-electron chi connectivity index (χ2n) is 4.45. The van der Waals surface area contributed by atoms with Crippen LogP contribution in [-0.2, 0) is 14.3 Å². The Labute approximate surface area is 103 Å². The lowest BCUT2D eigenvalue weighted by Crippen LogP contribution is -2.27. The van der Waals surface area contributed by atoms with Crippen molar-refractivity contribution in [3.63, 3.8) is 0 Å². The number of cyclic esters (lactones) is 1. The number of hydrogen-bond acceptors (Lipinski definition) is 5. The number of ether oxygens (including phenoxy) is 2. The first-order valence-corrected chi connectivity index (χ1v) is 5.26. The van der Waals surface area contributed by atoms with Gasteiger partial charge in [0, 0.05) is 5.56 Å². The molecular formula is C12H12O6. The Hall–Kier alpha value is -2.08. The number of carboxylic acids is 1. The molecule has 1 aliphatic rings. The molecule has 1 aromatic rings. The highest BCUT2D eigenvalue weighted by molar-refractivity contribution is 5.90. The van der Waals surface area contributed by atoms with E-state index < -0.39 is 29.6 Å². The molecule has 0 radical (unpaired) electrons. The molecule has 1 atom stereocenters. The molecular weight excluding hydrogens is 240 g/mol. The molecule has 6 nitrogen and oxygen atoms in total. The monoisotopic (exact) mass is 252 g/mol. The number of aromatic carboxylic acids is 1. The zero-order valence-corrected chi connectivity index (χ0v) is 9.84. The number of carbonyl (C=O) groups excluding carboxylic acids is 1. The standard InChI is InChI=1S/C12H12O6/c1-12(2)11(16)17-10(18-12)6-3-4-7(9(14)15)8(13)5-6/h3-5,10,13H,1-2H3,(H,14,15). The van der Waals surface area contributed by atoms with Crippen LogP contribution in [0.5, 0.6) is 5.75 Å². The maximum atomic E-state index is 11.4. The summed E-state index contributed by atoms with van der Waals surface area (Å²) in [4.78, 5) is 22.2. The summed E-state index contributed by atoms with van der Waals surface area (Å²) >= 11 is 0. The van der Waals surface area contributed by atoms with E-state index in [1.54, 1.807) is 13.8 Å². The van der Waals surface area contributed by atoms with Gasteiger partial charge in [0.2, 0.25) is 6.29 Å². The number of carboxylic acid groups (broad SMARTS) is 1. The Morgan fingerprint density at radius 2 is 2.06 bits per heavy atom. The minimum atomic E-state index is -1.23. The molecule has 1 heterocycles. The molecule has 1 aromatic carbocycles. The number of esters is 1. The highest BCUT2D eigenvalue weighted by Crippen LogP contribution is 2.35. The van der Waals surface area contributed by atoms with Crippen LogP contribution >= 0.6 is 0 Å². The van der Waals surface area contributed by atoms with Crippen LogP contribution in [0.15, 0.2) is 18.2 Å². The van der Waals surface area contributed by atoms with Crippen molar-refractivity contribution in [1.29, 1.82) is 0 Å². The van der Waals surface area contributed by atoms with Gasteiger partial charge in [0.1, 0.15) is 11.3 Å². The number of carbonyl (C=O) groups is 2. The Bertz CT molecular complexity index is 519. The van der Waals surface area contributed by atoms with E-state index in [1.165, 1.54) is 18.2 Å². The molecule has 1 aliphatic heterocycles. The predicted molar refractivity (Wildman–Crippen MR) is 59.1 cm³/mol. The van der Waals surface area contributed by atoms with Crippen LogP contribution in [0.3, 0.4) is 0 Å². The number of rotatable bonds is 2. The molecule has 0 bridgehead atoms. The third kappa shape index (κ3) is 2.02. The van der Waals surface area contributed by atoms with E-state index in [-0.39, 0.29) is 5.56 Å². The van der Waals surface area contributed by atoms with Gasteiger partial charge in [0.05, 0.1) is 0 Å². The van der Waals surface area contributed by atoms with Gasteiger partial charge in [-0.25, -0.2) is 9.59 Å². The lowest BCUT2D eigenvalue weighted by molar-refractivity contribution is -0.145.